The molecule has 0 saturated carbocycles. The Kier molecular flexibility index (Phi) is 5.06. The van der Waals surface area contributed by atoms with Gasteiger partial charge in [-0.25, -0.2) is 4.79 Å². The number of carbonyl (C=O) groups is 1. The van der Waals surface area contributed by atoms with E-state index in [1.54, 1.807) is 13.2 Å². The second-order valence-corrected chi connectivity index (χ2v) is 5.03. The first-order valence-corrected chi connectivity index (χ1v) is 6.90. The Bertz CT molecular complexity index is 627. The minimum Gasteiger partial charge on any atom is -0.497 e. The fourth-order valence-electron chi connectivity index (χ4n) is 1.77. The van der Waals surface area contributed by atoms with E-state index in [4.69, 9.17) is 16.3 Å². The zero-order valence-corrected chi connectivity index (χ0v) is 12.7. The standard InChI is InChI=1S/C16H17ClN2O2/c1-11-3-6-13(9-15(11)17)19-16(20)18-10-12-4-7-14(21-2)8-5-12/h3-9H,10H2,1-2H3,(H2,18,19,20). The van der Waals surface area contributed by atoms with E-state index in [1.165, 1.54) is 0 Å². The van der Waals surface area contributed by atoms with Gasteiger partial charge in [0.2, 0.25) is 0 Å². The summed E-state index contributed by atoms with van der Waals surface area (Å²) in [7, 11) is 1.62. The summed E-state index contributed by atoms with van der Waals surface area (Å²) in [5.41, 5.74) is 2.63. The number of urea groups is 1. The van der Waals surface area contributed by atoms with Gasteiger partial charge in [0, 0.05) is 17.3 Å². The molecule has 0 unspecified atom stereocenters. The molecule has 0 aromatic heterocycles. The lowest BCUT2D eigenvalue weighted by molar-refractivity contribution is 0.251. The molecule has 0 radical (unpaired) electrons. The lowest BCUT2D eigenvalue weighted by atomic mass is 10.2. The summed E-state index contributed by atoms with van der Waals surface area (Å²) >= 11 is 6.02. The zero-order chi connectivity index (χ0) is 15.2. The normalized spacial score (nSPS) is 10.0. The molecule has 0 saturated heterocycles. The third-order valence-corrected chi connectivity index (χ3v) is 3.45. The number of carbonyl (C=O) groups excluding carboxylic acids is 1. The number of nitrogens with one attached hydrogen (secondary N) is 2. The molecule has 0 bridgehead atoms. The third kappa shape index (κ3) is 4.39. The van der Waals surface area contributed by atoms with Gasteiger partial charge in [-0.3, -0.25) is 0 Å². The lowest BCUT2D eigenvalue weighted by Crippen LogP contribution is -2.28. The Labute approximate surface area is 129 Å². The zero-order valence-electron chi connectivity index (χ0n) is 11.9. The summed E-state index contributed by atoms with van der Waals surface area (Å²) in [6, 6.07) is 12.7. The topological polar surface area (TPSA) is 50.4 Å². The average molecular weight is 305 g/mol. The SMILES string of the molecule is COc1ccc(CNC(=O)Nc2ccc(C)c(Cl)c2)cc1. The van der Waals surface area contributed by atoms with Gasteiger partial charge in [0.05, 0.1) is 7.11 Å². The van der Waals surface area contributed by atoms with Gasteiger partial charge in [0.15, 0.2) is 0 Å². The van der Waals surface area contributed by atoms with Crippen LogP contribution in [0.15, 0.2) is 42.5 Å². The number of halogens is 1. The van der Waals surface area contributed by atoms with Gasteiger partial charge in [-0.2, -0.15) is 0 Å². The predicted molar refractivity (Wildman–Crippen MR) is 85.0 cm³/mol. The van der Waals surface area contributed by atoms with Crippen LogP contribution in [-0.2, 0) is 6.54 Å². The first-order chi connectivity index (χ1) is 10.1. The van der Waals surface area contributed by atoms with Gasteiger partial charge in [-0.15, -0.1) is 0 Å². The van der Waals surface area contributed by atoms with Gasteiger partial charge < -0.3 is 15.4 Å². The molecule has 2 amide bonds. The molecule has 5 heteroatoms. The van der Waals surface area contributed by atoms with E-state index < -0.39 is 0 Å². The lowest BCUT2D eigenvalue weighted by Gasteiger charge is -2.09. The first kappa shape index (κ1) is 15.2. The maximum atomic E-state index is 11.8. The second-order valence-electron chi connectivity index (χ2n) is 4.62. The van der Waals surface area contributed by atoms with Crippen molar-refractivity contribution in [1.29, 1.82) is 0 Å². The number of methoxy groups -OCH3 is 1. The molecule has 0 atom stereocenters. The number of benzene rings is 2. The number of hydrogen-bond donors (Lipinski definition) is 2. The third-order valence-electron chi connectivity index (χ3n) is 3.04. The van der Waals surface area contributed by atoms with Crippen molar-refractivity contribution >= 4 is 23.3 Å². The number of hydrogen-bond acceptors (Lipinski definition) is 2. The molecular formula is C16H17ClN2O2. The smallest absolute Gasteiger partial charge is 0.319 e. The van der Waals surface area contributed by atoms with Crippen molar-refractivity contribution < 1.29 is 9.53 Å². The minimum absolute atomic E-state index is 0.272. The molecule has 110 valence electrons. The van der Waals surface area contributed by atoms with E-state index in [0.717, 1.165) is 16.9 Å². The fraction of sp³-hybridized carbons (Fsp3) is 0.188. The highest BCUT2D eigenvalue weighted by Gasteiger charge is 2.03. The van der Waals surface area contributed by atoms with Crippen molar-refractivity contribution in [2.45, 2.75) is 13.5 Å². The summed E-state index contributed by atoms with van der Waals surface area (Å²) in [5.74, 6) is 0.789. The Morgan fingerprint density at radius 2 is 1.90 bits per heavy atom. The largest absolute Gasteiger partial charge is 0.497 e. The van der Waals surface area contributed by atoms with Crippen LogP contribution in [0.3, 0.4) is 0 Å². The van der Waals surface area contributed by atoms with E-state index in [0.29, 0.717) is 17.3 Å². The number of aryl methyl sites for hydroxylation is 1. The van der Waals surface area contributed by atoms with Crippen molar-refractivity contribution in [2.75, 3.05) is 12.4 Å². The Morgan fingerprint density at radius 3 is 2.52 bits per heavy atom. The summed E-state index contributed by atoms with van der Waals surface area (Å²) in [6.07, 6.45) is 0. The Balaban J connectivity index is 1.87. The fourth-order valence-corrected chi connectivity index (χ4v) is 1.95. The van der Waals surface area contributed by atoms with Gasteiger partial charge >= 0.3 is 6.03 Å². The van der Waals surface area contributed by atoms with E-state index in [1.807, 2.05) is 43.3 Å². The van der Waals surface area contributed by atoms with Gasteiger partial charge in [0.1, 0.15) is 5.75 Å². The molecule has 0 spiro atoms. The highest BCUT2D eigenvalue weighted by molar-refractivity contribution is 6.31. The maximum Gasteiger partial charge on any atom is 0.319 e. The van der Waals surface area contributed by atoms with Crippen molar-refractivity contribution in [2.24, 2.45) is 0 Å². The van der Waals surface area contributed by atoms with Crippen LogP contribution in [0.5, 0.6) is 5.75 Å². The van der Waals surface area contributed by atoms with Crippen LogP contribution in [0.4, 0.5) is 10.5 Å². The van der Waals surface area contributed by atoms with E-state index in [9.17, 15) is 4.79 Å². The molecule has 0 aliphatic heterocycles. The van der Waals surface area contributed by atoms with Crippen molar-refractivity contribution in [1.82, 2.24) is 5.32 Å². The van der Waals surface area contributed by atoms with E-state index >= 15 is 0 Å². The summed E-state index contributed by atoms with van der Waals surface area (Å²) < 4.78 is 5.08. The molecule has 2 rings (SSSR count). The predicted octanol–water partition coefficient (Wildman–Crippen LogP) is 3.98. The molecular weight excluding hydrogens is 288 g/mol. The Hall–Kier alpha value is -2.20. The van der Waals surface area contributed by atoms with E-state index in [2.05, 4.69) is 10.6 Å². The van der Waals surface area contributed by atoms with Gasteiger partial charge in [-0.1, -0.05) is 29.8 Å². The molecule has 21 heavy (non-hydrogen) atoms. The minimum atomic E-state index is -0.272. The molecule has 0 aliphatic rings. The van der Waals surface area contributed by atoms with Crippen LogP contribution in [0.2, 0.25) is 5.02 Å². The van der Waals surface area contributed by atoms with Crippen LogP contribution in [-0.4, -0.2) is 13.1 Å². The molecule has 4 nitrogen and oxygen atoms in total. The molecule has 2 aromatic rings. The maximum absolute atomic E-state index is 11.8. The van der Waals surface area contributed by atoms with Crippen LogP contribution in [0.25, 0.3) is 0 Å². The molecule has 2 N–H and O–H groups in total. The molecule has 0 heterocycles. The van der Waals surface area contributed by atoms with Crippen molar-refractivity contribution in [3.63, 3.8) is 0 Å². The monoisotopic (exact) mass is 304 g/mol. The van der Waals surface area contributed by atoms with Crippen LogP contribution >= 0.6 is 11.6 Å². The second kappa shape index (κ2) is 6.99. The van der Waals surface area contributed by atoms with Gasteiger partial charge in [-0.05, 0) is 42.3 Å². The first-order valence-electron chi connectivity index (χ1n) is 6.52. The molecule has 0 fully saturated rings. The molecule has 2 aromatic carbocycles. The summed E-state index contributed by atoms with van der Waals surface area (Å²) in [6.45, 7) is 2.35. The number of ether oxygens (including phenoxy) is 1. The molecule has 0 aliphatic carbocycles. The Morgan fingerprint density at radius 1 is 1.19 bits per heavy atom. The number of anilines is 1. The van der Waals surface area contributed by atoms with Crippen LogP contribution in [0, 0.1) is 6.92 Å². The highest BCUT2D eigenvalue weighted by Crippen LogP contribution is 2.19. The van der Waals surface area contributed by atoms with Crippen molar-refractivity contribution in [3.8, 4) is 5.75 Å². The summed E-state index contributed by atoms with van der Waals surface area (Å²) in [5, 5.41) is 6.16. The van der Waals surface area contributed by atoms with Crippen LogP contribution in [0.1, 0.15) is 11.1 Å². The highest BCUT2D eigenvalue weighted by atomic mass is 35.5. The van der Waals surface area contributed by atoms with Crippen LogP contribution < -0.4 is 15.4 Å². The average Bonchev–Trinajstić information content (AvgIpc) is 2.49. The van der Waals surface area contributed by atoms with E-state index in [-0.39, 0.29) is 6.03 Å². The van der Waals surface area contributed by atoms with Crippen molar-refractivity contribution in [3.05, 3.63) is 58.6 Å². The number of amides is 2. The van der Waals surface area contributed by atoms with Gasteiger partial charge in [0.25, 0.3) is 0 Å². The number of rotatable bonds is 4. The quantitative estimate of drug-likeness (QED) is 0.897. The summed E-state index contributed by atoms with van der Waals surface area (Å²) in [4.78, 5) is 11.8.